The zero-order chi connectivity index (χ0) is 23.7. The number of carboxylic acid groups (broad SMARTS) is 1. The van der Waals surface area contributed by atoms with Crippen molar-refractivity contribution in [3.05, 3.63) is 77.8 Å². The highest BCUT2D eigenvalue weighted by molar-refractivity contribution is 5.99. The average Bonchev–Trinajstić information content (AvgIpc) is 3.47. The largest absolute Gasteiger partial charge is 0.478 e. The molecule has 34 heavy (non-hydrogen) atoms. The Balaban J connectivity index is 1.69. The number of carbonyl (C=O) groups is 1. The van der Waals surface area contributed by atoms with Gasteiger partial charge < -0.3 is 15.6 Å². The first kappa shape index (κ1) is 21.7. The molecule has 2 aromatic heterocycles. The van der Waals surface area contributed by atoms with Crippen LogP contribution in [0.3, 0.4) is 0 Å². The topological polar surface area (TPSA) is 103 Å². The smallest absolute Gasteiger partial charge is 0.331 e. The lowest BCUT2D eigenvalue weighted by atomic mass is 9.93. The van der Waals surface area contributed by atoms with Crippen LogP contribution in [0.15, 0.2) is 66.5 Å². The molecule has 1 fully saturated rings. The fourth-order valence-corrected chi connectivity index (χ4v) is 4.78. The summed E-state index contributed by atoms with van der Waals surface area (Å²) in [7, 11) is 0. The van der Waals surface area contributed by atoms with E-state index in [0.717, 1.165) is 53.8 Å². The maximum absolute atomic E-state index is 11.7. The molecular weight excluding hydrogens is 428 g/mol. The lowest BCUT2D eigenvalue weighted by molar-refractivity contribution is -0.132. The highest BCUT2D eigenvalue weighted by Gasteiger charge is 2.29. The van der Waals surface area contributed by atoms with Gasteiger partial charge in [0.15, 0.2) is 5.82 Å². The third-order valence-electron chi connectivity index (χ3n) is 6.39. The Morgan fingerprint density at radius 1 is 1.09 bits per heavy atom. The first-order valence-electron chi connectivity index (χ1n) is 11.4. The van der Waals surface area contributed by atoms with Gasteiger partial charge in [-0.05, 0) is 55.7 Å². The highest BCUT2D eigenvalue weighted by Crippen LogP contribution is 2.44. The highest BCUT2D eigenvalue weighted by atomic mass is 16.5. The lowest BCUT2D eigenvalue weighted by Gasteiger charge is -2.12. The fraction of sp³-hybridized carbons (Fsp3) is 0.222. The van der Waals surface area contributed by atoms with Gasteiger partial charge in [-0.15, -0.1) is 0 Å². The van der Waals surface area contributed by atoms with Crippen LogP contribution < -0.4 is 10.5 Å². The van der Waals surface area contributed by atoms with Gasteiger partial charge in [-0.1, -0.05) is 43.2 Å². The van der Waals surface area contributed by atoms with E-state index < -0.39 is 5.97 Å². The Labute approximate surface area is 197 Å². The molecule has 172 valence electrons. The summed E-state index contributed by atoms with van der Waals surface area (Å²) in [5, 5.41) is 14.2. The molecule has 7 nitrogen and oxygen atoms in total. The van der Waals surface area contributed by atoms with Gasteiger partial charge in [0.2, 0.25) is 0 Å². The number of carboxylic acids is 1. The van der Waals surface area contributed by atoms with Crippen molar-refractivity contribution in [3.63, 3.8) is 0 Å². The van der Waals surface area contributed by atoms with Gasteiger partial charge in [0, 0.05) is 22.6 Å². The van der Waals surface area contributed by atoms with Crippen LogP contribution in [-0.4, -0.2) is 25.7 Å². The lowest BCUT2D eigenvalue weighted by Crippen LogP contribution is -2.05. The molecule has 1 saturated carbocycles. The van der Waals surface area contributed by atoms with Crippen LogP contribution in [0.25, 0.3) is 22.7 Å². The molecule has 0 bridgehead atoms. The summed E-state index contributed by atoms with van der Waals surface area (Å²) in [6, 6.07) is 17.3. The average molecular weight is 455 g/mol. The molecule has 0 radical (unpaired) electrons. The van der Waals surface area contributed by atoms with E-state index in [0.29, 0.717) is 17.1 Å². The number of rotatable bonds is 6. The summed E-state index contributed by atoms with van der Waals surface area (Å²) >= 11 is 0. The standard InChI is InChI=1S/C27H26N4O3/c1-17(27(32)33)15-22-23(18-11-13-21(14-12-18)34-20-9-3-2-4-10-20)25-26(28)29-16-30-31(25)24(22)19-7-5-6-8-19/h2-4,9-16,19H,5-8H2,1H3,(H,32,33)(H2,28,29,30)/b17-15+. The molecule has 3 N–H and O–H groups in total. The van der Waals surface area contributed by atoms with Crippen LogP contribution in [-0.2, 0) is 4.79 Å². The van der Waals surface area contributed by atoms with Gasteiger partial charge in [-0.25, -0.2) is 14.3 Å². The van der Waals surface area contributed by atoms with Crippen LogP contribution >= 0.6 is 0 Å². The van der Waals surface area contributed by atoms with Crippen molar-refractivity contribution in [2.45, 2.75) is 38.5 Å². The van der Waals surface area contributed by atoms with E-state index in [1.165, 1.54) is 6.33 Å². The summed E-state index contributed by atoms with van der Waals surface area (Å²) in [6.07, 6.45) is 7.55. The number of hydrogen-bond acceptors (Lipinski definition) is 5. The Bertz CT molecular complexity index is 1370. The van der Waals surface area contributed by atoms with E-state index >= 15 is 0 Å². The third-order valence-corrected chi connectivity index (χ3v) is 6.39. The molecule has 7 heteroatoms. The molecule has 0 aliphatic heterocycles. The molecule has 0 spiro atoms. The van der Waals surface area contributed by atoms with Crippen molar-refractivity contribution in [2.24, 2.45) is 0 Å². The predicted octanol–water partition coefficient (Wildman–Crippen LogP) is 5.92. The second-order valence-electron chi connectivity index (χ2n) is 8.63. The number of benzene rings is 2. The van der Waals surface area contributed by atoms with Gasteiger partial charge in [0.1, 0.15) is 23.3 Å². The molecule has 1 aliphatic rings. The van der Waals surface area contributed by atoms with Crippen LogP contribution in [0.4, 0.5) is 5.82 Å². The van der Waals surface area contributed by atoms with Crippen molar-refractivity contribution in [3.8, 4) is 22.6 Å². The monoisotopic (exact) mass is 454 g/mol. The second kappa shape index (κ2) is 9.02. The number of nitrogen functional groups attached to an aromatic ring is 1. The predicted molar refractivity (Wildman–Crippen MR) is 132 cm³/mol. The van der Waals surface area contributed by atoms with E-state index in [-0.39, 0.29) is 11.5 Å². The van der Waals surface area contributed by atoms with Crippen molar-refractivity contribution in [2.75, 3.05) is 5.73 Å². The van der Waals surface area contributed by atoms with Crippen LogP contribution in [0.2, 0.25) is 0 Å². The molecule has 0 amide bonds. The minimum atomic E-state index is -0.954. The number of aliphatic carboxylic acids is 1. The Kier molecular flexibility index (Phi) is 5.76. The van der Waals surface area contributed by atoms with Gasteiger partial charge in [0.25, 0.3) is 0 Å². The van der Waals surface area contributed by atoms with Gasteiger partial charge in [-0.3, -0.25) is 0 Å². The molecule has 2 heterocycles. The second-order valence-corrected chi connectivity index (χ2v) is 8.63. The summed E-state index contributed by atoms with van der Waals surface area (Å²) in [5.41, 5.74) is 10.9. The molecule has 0 atom stereocenters. The molecule has 2 aromatic carbocycles. The number of nitrogens with zero attached hydrogens (tertiary/aromatic N) is 3. The van der Waals surface area contributed by atoms with Gasteiger partial charge in [0.05, 0.1) is 5.69 Å². The maximum Gasteiger partial charge on any atom is 0.331 e. The number of fused-ring (bicyclic) bond motifs is 1. The molecule has 4 aromatic rings. The summed E-state index contributed by atoms with van der Waals surface area (Å²) in [4.78, 5) is 16.0. The number of nitrogens with two attached hydrogens (primary N) is 1. The van der Waals surface area contributed by atoms with E-state index in [2.05, 4.69) is 10.1 Å². The Morgan fingerprint density at radius 2 is 1.76 bits per heavy atom. The van der Waals surface area contributed by atoms with Crippen LogP contribution in [0, 0.1) is 0 Å². The number of para-hydroxylation sites is 1. The van der Waals surface area contributed by atoms with Gasteiger partial charge in [-0.2, -0.15) is 5.10 Å². The summed E-state index contributed by atoms with van der Waals surface area (Å²) in [5.74, 6) is 1.15. The summed E-state index contributed by atoms with van der Waals surface area (Å²) in [6.45, 7) is 1.61. The number of hydrogen-bond donors (Lipinski definition) is 2. The van der Waals surface area contributed by atoms with E-state index in [9.17, 15) is 9.90 Å². The number of aromatic nitrogens is 3. The van der Waals surface area contributed by atoms with Crippen LogP contribution in [0.1, 0.15) is 49.8 Å². The zero-order valence-corrected chi connectivity index (χ0v) is 18.9. The fourth-order valence-electron chi connectivity index (χ4n) is 4.78. The van der Waals surface area contributed by atoms with E-state index in [4.69, 9.17) is 10.5 Å². The molecule has 5 rings (SSSR count). The first-order chi connectivity index (χ1) is 16.5. The number of anilines is 1. The Morgan fingerprint density at radius 3 is 2.44 bits per heavy atom. The summed E-state index contributed by atoms with van der Waals surface area (Å²) < 4.78 is 7.81. The zero-order valence-electron chi connectivity index (χ0n) is 18.9. The molecular formula is C27H26N4O3. The van der Waals surface area contributed by atoms with Crippen molar-refractivity contribution in [1.29, 1.82) is 0 Å². The van der Waals surface area contributed by atoms with Crippen molar-refractivity contribution < 1.29 is 14.6 Å². The SMILES string of the molecule is C/C(=C\c1c(-c2ccc(Oc3ccccc3)cc2)c2c(N)ncnn2c1C1CCCC1)C(=O)O. The quantitative estimate of drug-likeness (QED) is 0.351. The normalized spacial score (nSPS) is 14.6. The van der Waals surface area contributed by atoms with Gasteiger partial charge >= 0.3 is 5.97 Å². The minimum absolute atomic E-state index is 0.256. The molecule has 0 unspecified atom stereocenters. The molecule has 1 aliphatic carbocycles. The van der Waals surface area contributed by atoms with E-state index in [1.54, 1.807) is 13.0 Å². The number of ether oxygens (including phenoxy) is 1. The van der Waals surface area contributed by atoms with Crippen molar-refractivity contribution in [1.82, 2.24) is 14.6 Å². The molecule has 0 saturated heterocycles. The van der Waals surface area contributed by atoms with Crippen LogP contribution in [0.5, 0.6) is 11.5 Å². The van der Waals surface area contributed by atoms with Crippen molar-refractivity contribution >= 4 is 23.4 Å². The Hall–Kier alpha value is -4.13. The third kappa shape index (κ3) is 4.01. The maximum atomic E-state index is 11.7. The minimum Gasteiger partial charge on any atom is -0.478 e. The van der Waals surface area contributed by atoms with E-state index in [1.807, 2.05) is 59.1 Å². The first-order valence-corrected chi connectivity index (χ1v) is 11.4.